The van der Waals surface area contributed by atoms with Gasteiger partial charge in [-0.3, -0.25) is 19.9 Å². The molecule has 4 heterocycles. The van der Waals surface area contributed by atoms with Crippen LogP contribution in [0.1, 0.15) is 41.4 Å². The molecule has 0 bridgehead atoms. The summed E-state index contributed by atoms with van der Waals surface area (Å²) in [5.41, 5.74) is 1.75. The number of carbonyl (C=O) groups is 4. The Morgan fingerprint density at radius 2 is 0.554 bits per heavy atom. The second kappa shape index (κ2) is 33.8. The SMILES string of the molecule is O=C(OCCOCCOC(=O)c1ccncc1)c1ccncc1.O=C(OCCOCCOC(=O)c1ccncc1)c1ccncc1.O=[N+]([O-])[O-].O=[N+]([O-])[O-].[Ag+].[Ag+]. The molecular formula is C32H32Ag2N6O16. The molecular weight excluding hydrogens is 940 g/mol. The largest absolute Gasteiger partial charge is 1.00 e. The van der Waals surface area contributed by atoms with Gasteiger partial charge in [-0.15, -0.1) is 0 Å². The molecule has 0 fully saturated rings. The zero-order valence-electron chi connectivity index (χ0n) is 28.7. The average molecular weight is 972 g/mol. The first-order valence-electron chi connectivity index (χ1n) is 15.1. The van der Waals surface area contributed by atoms with Gasteiger partial charge in [0, 0.05) is 49.6 Å². The van der Waals surface area contributed by atoms with E-state index in [4.69, 9.17) is 59.1 Å². The van der Waals surface area contributed by atoms with Crippen LogP contribution in [0.2, 0.25) is 0 Å². The van der Waals surface area contributed by atoms with Crippen LogP contribution < -0.4 is 0 Å². The minimum atomic E-state index is -1.75. The van der Waals surface area contributed by atoms with E-state index in [1.165, 1.54) is 49.6 Å². The van der Waals surface area contributed by atoms with Crippen LogP contribution in [0.3, 0.4) is 0 Å². The molecule has 4 aromatic heterocycles. The van der Waals surface area contributed by atoms with Crippen LogP contribution in [-0.4, -0.2) is 107 Å². The van der Waals surface area contributed by atoms with Crippen molar-refractivity contribution in [3.05, 3.63) is 151 Å². The zero-order valence-corrected chi connectivity index (χ0v) is 31.7. The molecule has 22 nitrogen and oxygen atoms in total. The summed E-state index contributed by atoms with van der Waals surface area (Å²) in [5, 5.41) is 29.5. The Hall–Kier alpha value is -5.72. The molecule has 0 atom stereocenters. The van der Waals surface area contributed by atoms with Crippen molar-refractivity contribution in [1.82, 2.24) is 19.9 Å². The number of carbonyl (C=O) groups excluding carboxylic acids is 4. The zero-order chi connectivity index (χ0) is 39.8. The predicted molar refractivity (Wildman–Crippen MR) is 180 cm³/mol. The van der Waals surface area contributed by atoms with Gasteiger partial charge in [0.2, 0.25) is 0 Å². The van der Waals surface area contributed by atoms with Crippen LogP contribution in [-0.2, 0) is 73.2 Å². The van der Waals surface area contributed by atoms with Crippen molar-refractivity contribution in [3.8, 4) is 0 Å². The molecule has 0 saturated carbocycles. The van der Waals surface area contributed by atoms with Gasteiger partial charge in [-0.05, 0) is 48.5 Å². The predicted octanol–water partition coefficient (Wildman–Crippen LogP) is 2.53. The van der Waals surface area contributed by atoms with Crippen LogP contribution in [0.25, 0.3) is 0 Å². The van der Waals surface area contributed by atoms with Gasteiger partial charge in [0.1, 0.15) is 26.4 Å². The number of nitrogens with zero attached hydrogens (tertiary/aromatic N) is 6. The molecule has 0 saturated heterocycles. The summed E-state index contributed by atoms with van der Waals surface area (Å²) in [6.07, 6.45) is 12.1. The molecule has 0 spiro atoms. The molecule has 308 valence electrons. The Balaban J connectivity index is 0. The van der Waals surface area contributed by atoms with Gasteiger partial charge in [0.05, 0.1) is 58.9 Å². The molecule has 0 amide bonds. The van der Waals surface area contributed by atoms with Gasteiger partial charge >= 0.3 is 68.6 Å². The maximum atomic E-state index is 11.6. The van der Waals surface area contributed by atoms with Crippen molar-refractivity contribution in [2.24, 2.45) is 0 Å². The van der Waals surface area contributed by atoms with Crippen molar-refractivity contribution >= 4 is 23.9 Å². The van der Waals surface area contributed by atoms with Crippen molar-refractivity contribution in [2.45, 2.75) is 0 Å². The third kappa shape index (κ3) is 27.8. The number of hydrogen-bond donors (Lipinski definition) is 0. The molecule has 24 heteroatoms. The molecule has 0 aliphatic rings. The van der Waals surface area contributed by atoms with E-state index in [9.17, 15) is 19.2 Å². The van der Waals surface area contributed by atoms with Gasteiger partial charge in [0.15, 0.2) is 0 Å². The minimum absolute atomic E-state index is 0. The fraction of sp³-hybridized carbons (Fsp3) is 0.250. The monoisotopic (exact) mass is 970 g/mol. The molecule has 0 aromatic carbocycles. The Kier molecular flexibility index (Phi) is 31.6. The van der Waals surface area contributed by atoms with Crippen molar-refractivity contribution in [2.75, 3.05) is 52.9 Å². The van der Waals surface area contributed by atoms with Crippen LogP contribution in [0.15, 0.2) is 98.1 Å². The van der Waals surface area contributed by atoms with E-state index >= 15 is 0 Å². The summed E-state index contributed by atoms with van der Waals surface area (Å²) >= 11 is 0. The second-order valence-electron chi connectivity index (χ2n) is 9.16. The van der Waals surface area contributed by atoms with Gasteiger partial charge in [0.25, 0.3) is 0 Å². The number of hydrogen-bond acceptors (Lipinski definition) is 20. The fourth-order valence-electron chi connectivity index (χ4n) is 3.26. The summed E-state index contributed by atoms with van der Waals surface area (Å²) in [5.74, 6) is -1.72. The smallest absolute Gasteiger partial charge is 0.460 e. The number of ether oxygens (including phenoxy) is 6. The molecule has 0 unspecified atom stereocenters. The summed E-state index contributed by atoms with van der Waals surface area (Å²) in [6.45, 7) is 1.40. The third-order valence-corrected chi connectivity index (χ3v) is 5.51. The summed E-state index contributed by atoms with van der Waals surface area (Å²) < 4.78 is 30.5. The number of rotatable bonds is 16. The Morgan fingerprint density at radius 3 is 0.714 bits per heavy atom. The number of aromatic nitrogens is 4. The second-order valence-corrected chi connectivity index (χ2v) is 9.16. The third-order valence-electron chi connectivity index (χ3n) is 5.51. The fourth-order valence-corrected chi connectivity index (χ4v) is 3.26. The van der Waals surface area contributed by atoms with Gasteiger partial charge in [-0.2, -0.15) is 0 Å². The average Bonchev–Trinajstić information content (AvgIpc) is 3.18. The topological polar surface area (TPSA) is 308 Å². The van der Waals surface area contributed by atoms with Crippen LogP contribution >= 0.6 is 0 Å². The number of pyridine rings is 4. The first-order chi connectivity index (χ1) is 26.0. The van der Waals surface area contributed by atoms with E-state index in [-0.39, 0.29) is 97.6 Å². The van der Waals surface area contributed by atoms with Crippen LogP contribution in [0.5, 0.6) is 0 Å². The van der Waals surface area contributed by atoms with Crippen molar-refractivity contribution < 1.29 is 103 Å². The number of esters is 4. The quantitative estimate of drug-likeness (QED) is 0.0389. The molecule has 4 aromatic rings. The van der Waals surface area contributed by atoms with Gasteiger partial charge in [-0.1, -0.05) is 0 Å². The molecule has 0 N–H and O–H groups in total. The minimum Gasteiger partial charge on any atom is -0.460 e. The Labute approximate surface area is 348 Å². The van der Waals surface area contributed by atoms with Crippen LogP contribution in [0, 0.1) is 30.6 Å². The molecule has 0 aliphatic carbocycles. The normalized spacial score (nSPS) is 9.14. The van der Waals surface area contributed by atoms with E-state index < -0.39 is 34.1 Å². The summed E-state index contributed by atoms with van der Waals surface area (Å²) in [4.78, 5) is 78.2. The maximum Gasteiger partial charge on any atom is 1.00 e. The maximum absolute atomic E-state index is 11.6. The summed E-state index contributed by atoms with van der Waals surface area (Å²) in [7, 11) is 0. The van der Waals surface area contributed by atoms with E-state index in [0.29, 0.717) is 22.3 Å². The first-order valence-corrected chi connectivity index (χ1v) is 15.1. The van der Waals surface area contributed by atoms with Crippen molar-refractivity contribution in [3.63, 3.8) is 0 Å². The first kappa shape index (κ1) is 52.4. The van der Waals surface area contributed by atoms with Gasteiger partial charge in [-0.25, -0.2) is 19.2 Å². The van der Waals surface area contributed by atoms with E-state index in [0.717, 1.165) is 0 Å². The standard InChI is InChI=1S/2C16H16N2O5.2Ag.2NO3/c2*19-15(13-1-5-17-6-2-13)22-11-9-21-10-12-23-16(20)14-3-7-18-8-4-14;;;2*2-1(3)4/h2*1-8H,9-12H2;;;;/q;;2*+1;2*-1. The van der Waals surface area contributed by atoms with E-state index in [1.807, 2.05) is 0 Å². The molecule has 56 heavy (non-hydrogen) atoms. The van der Waals surface area contributed by atoms with Gasteiger partial charge < -0.3 is 59.1 Å². The van der Waals surface area contributed by atoms with Crippen molar-refractivity contribution in [1.29, 1.82) is 0 Å². The van der Waals surface area contributed by atoms with E-state index in [1.54, 1.807) is 48.5 Å². The Morgan fingerprint density at radius 1 is 0.393 bits per heavy atom. The summed E-state index contributed by atoms with van der Waals surface area (Å²) in [6, 6.07) is 12.6. The molecule has 4 rings (SSSR count). The molecule has 0 aliphatic heterocycles. The van der Waals surface area contributed by atoms with Crippen LogP contribution in [0.4, 0.5) is 0 Å². The Bertz CT molecular complexity index is 1440. The van der Waals surface area contributed by atoms with E-state index in [2.05, 4.69) is 19.9 Å². The molecule has 0 radical (unpaired) electrons.